The summed E-state index contributed by atoms with van der Waals surface area (Å²) in [4.78, 5) is 11.7. The minimum absolute atomic E-state index is 0.0781. The van der Waals surface area contributed by atoms with Gasteiger partial charge in [0.05, 0.1) is 5.75 Å². The molecule has 0 saturated heterocycles. The van der Waals surface area contributed by atoms with Crippen LogP contribution in [-0.2, 0) is 9.84 Å². The molecule has 1 aromatic carbocycles. The fourth-order valence-corrected chi connectivity index (χ4v) is 2.00. The summed E-state index contributed by atoms with van der Waals surface area (Å²) >= 11 is 0. The molecule has 0 aliphatic carbocycles. The van der Waals surface area contributed by atoms with Crippen LogP contribution in [0, 0.1) is 0 Å². The molecule has 18 heavy (non-hydrogen) atoms. The Morgan fingerprint density at radius 1 is 1.33 bits per heavy atom. The topological polar surface area (TPSA) is 76.4 Å². The largest absolute Gasteiger partial charge is 0.451 e. The van der Waals surface area contributed by atoms with Gasteiger partial charge in [-0.3, -0.25) is 4.79 Å². The van der Waals surface area contributed by atoms with E-state index in [0.29, 0.717) is 5.58 Å². The molecule has 2 aromatic rings. The Kier molecular flexibility index (Phi) is 3.38. The number of hydrogen-bond donors (Lipinski definition) is 1. The van der Waals surface area contributed by atoms with E-state index in [0.717, 1.165) is 11.6 Å². The van der Waals surface area contributed by atoms with Crippen molar-refractivity contribution in [1.82, 2.24) is 5.32 Å². The van der Waals surface area contributed by atoms with Gasteiger partial charge in [-0.1, -0.05) is 18.2 Å². The van der Waals surface area contributed by atoms with E-state index < -0.39 is 15.7 Å². The molecule has 0 spiro atoms. The first-order valence-corrected chi connectivity index (χ1v) is 7.46. The molecule has 0 aliphatic rings. The van der Waals surface area contributed by atoms with Crippen LogP contribution < -0.4 is 5.32 Å². The molecule has 0 radical (unpaired) electrons. The first-order valence-electron chi connectivity index (χ1n) is 5.40. The van der Waals surface area contributed by atoms with Crippen molar-refractivity contribution in [3.8, 4) is 0 Å². The zero-order valence-corrected chi connectivity index (χ0v) is 10.7. The number of carbonyl (C=O) groups excluding carboxylic acids is 1. The molecule has 1 N–H and O–H groups in total. The van der Waals surface area contributed by atoms with E-state index >= 15 is 0 Å². The van der Waals surface area contributed by atoms with Gasteiger partial charge in [0.25, 0.3) is 5.91 Å². The second-order valence-corrected chi connectivity index (χ2v) is 6.29. The van der Waals surface area contributed by atoms with Gasteiger partial charge in [0.15, 0.2) is 5.76 Å². The third-order valence-corrected chi connectivity index (χ3v) is 3.35. The van der Waals surface area contributed by atoms with Crippen LogP contribution >= 0.6 is 0 Å². The zero-order chi connectivity index (χ0) is 13.2. The predicted molar refractivity (Wildman–Crippen MR) is 68.3 cm³/mol. The van der Waals surface area contributed by atoms with E-state index in [4.69, 9.17) is 4.42 Å². The summed E-state index contributed by atoms with van der Waals surface area (Å²) in [5.74, 6) is -0.307. The fraction of sp³-hybridized carbons (Fsp3) is 0.250. The summed E-state index contributed by atoms with van der Waals surface area (Å²) in [5.41, 5.74) is 0.630. The van der Waals surface area contributed by atoms with Crippen molar-refractivity contribution in [3.63, 3.8) is 0 Å². The maximum Gasteiger partial charge on any atom is 0.287 e. The van der Waals surface area contributed by atoms with Gasteiger partial charge in [0.1, 0.15) is 15.4 Å². The molecule has 2 rings (SSSR count). The maximum absolute atomic E-state index is 11.7. The van der Waals surface area contributed by atoms with Crippen molar-refractivity contribution >= 4 is 26.7 Å². The van der Waals surface area contributed by atoms with Gasteiger partial charge in [-0.05, 0) is 12.1 Å². The summed E-state index contributed by atoms with van der Waals surface area (Å²) in [6.45, 7) is 0.0781. The maximum atomic E-state index is 11.7. The molecule has 6 heteroatoms. The Balaban J connectivity index is 2.05. The molecule has 1 heterocycles. The fourth-order valence-electron chi connectivity index (χ4n) is 1.53. The number of hydrogen-bond acceptors (Lipinski definition) is 4. The quantitative estimate of drug-likeness (QED) is 0.903. The van der Waals surface area contributed by atoms with E-state index in [1.807, 2.05) is 18.2 Å². The van der Waals surface area contributed by atoms with Crippen molar-refractivity contribution in [2.45, 2.75) is 0 Å². The van der Waals surface area contributed by atoms with Crippen molar-refractivity contribution in [3.05, 3.63) is 36.1 Å². The third kappa shape index (κ3) is 3.10. The van der Waals surface area contributed by atoms with Crippen LogP contribution in [0.4, 0.5) is 0 Å². The van der Waals surface area contributed by atoms with Gasteiger partial charge < -0.3 is 9.73 Å². The van der Waals surface area contributed by atoms with Crippen molar-refractivity contribution in [2.24, 2.45) is 0 Å². The van der Waals surface area contributed by atoms with Crippen LogP contribution in [0.5, 0.6) is 0 Å². The normalized spacial score (nSPS) is 11.6. The highest BCUT2D eigenvalue weighted by Crippen LogP contribution is 2.18. The number of benzene rings is 1. The first-order chi connectivity index (χ1) is 8.46. The van der Waals surface area contributed by atoms with Gasteiger partial charge in [-0.2, -0.15) is 0 Å². The Labute approximate surface area is 105 Å². The highest BCUT2D eigenvalue weighted by molar-refractivity contribution is 7.90. The summed E-state index contributed by atoms with van der Waals surface area (Å²) in [6, 6.07) is 8.90. The van der Waals surface area contributed by atoms with E-state index in [1.165, 1.54) is 0 Å². The van der Waals surface area contributed by atoms with Crippen molar-refractivity contribution in [1.29, 1.82) is 0 Å². The average Bonchev–Trinajstić information content (AvgIpc) is 2.70. The summed E-state index contributed by atoms with van der Waals surface area (Å²) in [7, 11) is -3.07. The highest BCUT2D eigenvalue weighted by Gasteiger charge is 2.12. The molecule has 96 valence electrons. The molecule has 0 bridgehead atoms. The number of carbonyl (C=O) groups is 1. The Bertz CT molecular complexity index is 639. The van der Waals surface area contributed by atoms with Gasteiger partial charge in [0.2, 0.25) is 0 Å². The number of para-hydroxylation sites is 1. The summed E-state index contributed by atoms with van der Waals surface area (Å²) in [6.07, 6.45) is 1.13. The minimum Gasteiger partial charge on any atom is -0.451 e. The Hall–Kier alpha value is -1.82. The van der Waals surface area contributed by atoms with Gasteiger partial charge in [-0.15, -0.1) is 0 Å². The van der Waals surface area contributed by atoms with Gasteiger partial charge >= 0.3 is 0 Å². The molecule has 0 unspecified atom stereocenters. The summed E-state index contributed by atoms with van der Waals surface area (Å²) in [5, 5.41) is 3.34. The molecular formula is C12H13NO4S. The van der Waals surface area contributed by atoms with Crippen LogP contribution in [0.2, 0.25) is 0 Å². The lowest BCUT2D eigenvalue weighted by atomic mass is 10.2. The van der Waals surface area contributed by atoms with Crippen LogP contribution in [0.3, 0.4) is 0 Å². The lowest BCUT2D eigenvalue weighted by Gasteiger charge is -2.01. The average molecular weight is 267 g/mol. The Morgan fingerprint density at radius 2 is 2.06 bits per heavy atom. The standard InChI is InChI=1S/C12H13NO4S/c1-18(15,16)7-6-13-12(14)11-8-9-4-2-3-5-10(9)17-11/h2-5,8H,6-7H2,1H3,(H,13,14). The van der Waals surface area contributed by atoms with E-state index in [1.54, 1.807) is 12.1 Å². The molecule has 0 aliphatic heterocycles. The highest BCUT2D eigenvalue weighted by atomic mass is 32.2. The van der Waals surface area contributed by atoms with Crippen molar-refractivity contribution < 1.29 is 17.6 Å². The minimum atomic E-state index is -3.07. The number of rotatable bonds is 4. The summed E-state index contributed by atoms with van der Waals surface area (Å²) < 4.78 is 27.2. The van der Waals surface area contributed by atoms with Crippen molar-refractivity contribution in [2.75, 3.05) is 18.6 Å². The van der Waals surface area contributed by atoms with Crippen LogP contribution in [0.1, 0.15) is 10.6 Å². The molecule has 5 nitrogen and oxygen atoms in total. The lowest BCUT2D eigenvalue weighted by Crippen LogP contribution is -2.28. The number of sulfone groups is 1. The molecule has 0 saturated carbocycles. The monoisotopic (exact) mass is 267 g/mol. The predicted octanol–water partition coefficient (Wildman–Crippen LogP) is 1.21. The molecule has 1 amide bonds. The molecule has 1 aromatic heterocycles. The number of amides is 1. The van der Waals surface area contributed by atoms with Crippen LogP contribution in [-0.4, -0.2) is 32.9 Å². The van der Waals surface area contributed by atoms with Gasteiger partial charge in [-0.25, -0.2) is 8.42 Å². The van der Waals surface area contributed by atoms with E-state index in [-0.39, 0.29) is 18.1 Å². The SMILES string of the molecule is CS(=O)(=O)CCNC(=O)c1cc2ccccc2o1. The van der Waals surface area contributed by atoms with E-state index in [9.17, 15) is 13.2 Å². The lowest BCUT2D eigenvalue weighted by molar-refractivity contribution is 0.0930. The van der Waals surface area contributed by atoms with Crippen LogP contribution in [0.15, 0.2) is 34.7 Å². The Morgan fingerprint density at radius 3 is 2.72 bits per heavy atom. The number of nitrogens with one attached hydrogen (secondary N) is 1. The molecule has 0 fully saturated rings. The zero-order valence-electron chi connectivity index (χ0n) is 9.84. The third-order valence-electron chi connectivity index (χ3n) is 2.41. The molecule has 0 atom stereocenters. The first kappa shape index (κ1) is 12.6. The van der Waals surface area contributed by atoms with E-state index in [2.05, 4.69) is 5.32 Å². The van der Waals surface area contributed by atoms with Crippen LogP contribution in [0.25, 0.3) is 11.0 Å². The number of fused-ring (bicyclic) bond motifs is 1. The number of furan rings is 1. The second kappa shape index (κ2) is 4.81. The second-order valence-electron chi connectivity index (χ2n) is 4.03. The smallest absolute Gasteiger partial charge is 0.287 e. The molecular weight excluding hydrogens is 254 g/mol. The van der Waals surface area contributed by atoms with Gasteiger partial charge in [0, 0.05) is 18.2 Å².